The number of hydrogen-bond donors (Lipinski definition) is 1. The molecule has 1 saturated heterocycles. The van der Waals surface area contributed by atoms with Crippen LogP contribution in [0.1, 0.15) is 31.7 Å². The minimum Gasteiger partial charge on any atom is -0.347 e. The molecule has 18 heavy (non-hydrogen) atoms. The molecule has 4 nitrogen and oxygen atoms in total. The number of amides is 2. The summed E-state index contributed by atoms with van der Waals surface area (Å²) in [5.74, 6) is 0.352. The number of carbonyl (C=O) groups is 2. The average Bonchev–Trinajstić information content (AvgIpc) is 2.52. The third-order valence-corrected chi connectivity index (χ3v) is 3.17. The maximum Gasteiger partial charge on any atom is 0.246 e. The van der Waals surface area contributed by atoms with Gasteiger partial charge in [-0.05, 0) is 23.6 Å². The number of anilines is 1. The average molecular weight is 246 g/mol. The predicted octanol–water partition coefficient (Wildman–Crippen LogP) is 1.66. The SMILES string of the molecule is CC(C)c1ccc(N2CCC(=O)NCC2=O)cc1. The molecule has 1 N–H and O–H groups in total. The summed E-state index contributed by atoms with van der Waals surface area (Å²) in [4.78, 5) is 24.8. The number of nitrogens with zero attached hydrogens (tertiary/aromatic N) is 1. The molecular weight excluding hydrogens is 228 g/mol. The molecule has 0 radical (unpaired) electrons. The molecule has 1 aromatic carbocycles. The second kappa shape index (κ2) is 5.21. The van der Waals surface area contributed by atoms with Gasteiger partial charge in [-0.25, -0.2) is 0 Å². The van der Waals surface area contributed by atoms with Crippen molar-refractivity contribution in [3.05, 3.63) is 29.8 Å². The second-order valence-electron chi connectivity index (χ2n) is 4.82. The van der Waals surface area contributed by atoms with Gasteiger partial charge in [0.2, 0.25) is 11.8 Å². The highest BCUT2D eigenvalue weighted by molar-refractivity contribution is 5.98. The minimum atomic E-state index is -0.0651. The lowest BCUT2D eigenvalue weighted by Crippen LogP contribution is -2.35. The van der Waals surface area contributed by atoms with Crippen molar-refractivity contribution in [2.24, 2.45) is 0 Å². The highest BCUT2D eigenvalue weighted by atomic mass is 16.2. The van der Waals surface area contributed by atoms with Crippen molar-refractivity contribution >= 4 is 17.5 Å². The van der Waals surface area contributed by atoms with E-state index in [4.69, 9.17) is 0 Å². The van der Waals surface area contributed by atoms with Gasteiger partial charge in [0.05, 0.1) is 6.54 Å². The van der Waals surface area contributed by atoms with E-state index in [1.165, 1.54) is 5.56 Å². The van der Waals surface area contributed by atoms with Crippen molar-refractivity contribution in [1.29, 1.82) is 0 Å². The van der Waals surface area contributed by atoms with Gasteiger partial charge in [0.25, 0.3) is 0 Å². The largest absolute Gasteiger partial charge is 0.347 e. The van der Waals surface area contributed by atoms with Crippen molar-refractivity contribution in [2.45, 2.75) is 26.2 Å². The summed E-state index contributed by atoms with van der Waals surface area (Å²) in [6.45, 7) is 4.81. The van der Waals surface area contributed by atoms with Crippen LogP contribution in [0.5, 0.6) is 0 Å². The van der Waals surface area contributed by atoms with Gasteiger partial charge >= 0.3 is 0 Å². The first-order chi connectivity index (χ1) is 8.58. The summed E-state index contributed by atoms with van der Waals surface area (Å²) in [5, 5.41) is 2.59. The highest BCUT2D eigenvalue weighted by Gasteiger charge is 2.21. The molecule has 1 aliphatic heterocycles. The van der Waals surface area contributed by atoms with E-state index in [0.717, 1.165) is 5.69 Å². The number of rotatable bonds is 2. The molecular formula is C14H18N2O2. The zero-order valence-corrected chi connectivity index (χ0v) is 10.8. The van der Waals surface area contributed by atoms with E-state index in [9.17, 15) is 9.59 Å². The minimum absolute atomic E-state index is 0.0573. The van der Waals surface area contributed by atoms with E-state index in [-0.39, 0.29) is 18.4 Å². The van der Waals surface area contributed by atoms with Gasteiger partial charge in [-0.1, -0.05) is 26.0 Å². The van der Waals surface area contributed by atoms with Crippen molar-refractivity contribution in [2.75, 3.05) is 18.0 Å². The fourth-order valence-electron chi connectivity index (χ4n) is 2.01. The smallest absolute Gasteiger partial charge is 0.246 e. The van der Waals surface area contributed by atoms with Gasteiger partial charge < -0.3 is 10.2 Å². The first kappa shape index (κ1) is 12.6. The summed E-state index contributed by atoms with van der Waals surface area (Å²) in [6.07, 6.45) is 0.359. The van der Waals surface area contributed by atoms with Crippen LogP contribution in [0, 0.1) is 0 Å². The predicted molar refractivity (Wildman–Crippen MR) is 70.5 cm³/mol. The molecule has 1 aromatic rings. The third-order valence-electron chi connectivity index (χ3n) is 3.17. The normalized spacial score (nSPS) is 16.7. The molecule has 96 valence electrons. The fraction of sp³-hybridized carbons (Fsp3) is 0.429. The Bertz CT molecular complexity index is 451. The zero-order chi connectivity index (χ0) is 13.1. The summed E-state index contributed by atoms with van der Waals surface area (Å²) in [5.41, 5.74) is 2.11. The monoisotopic (exact) mass is 246 g/mol. The summed E-state index contributed by atoms with van der Waals surface area (Å²) in [6, 6.07) is 7.97. The van der Waals surface area contributed by atoms with Crippen LogP contribution in [0.4, 0.5) is 5.69 Å². The van der Waals surface area contributed by atoms with E-state index in [1.54, 1.807) is 4.90 Å². The lowest BCUT2D eigenvalue weighted by molar-refractivity contribution is -0.123. The van der Waals surface area contributed by atoms with E-state index in [0.29, 0.717) is 18.9 Å². The van der Waals surface area contributed by atoms with Crippen LogP contribution >= 0.6 is 0 Å². The van der Waals surface area contributed by atoms with E-state index in [2.05, 4.69) is 19.2 Å². The first-order valence-electron chi connectivity index (χ1n) is 6.25. The molecule has 4 heteroatoms. The van der Waals surface area contributed by atoms with Gasteiger partial charge in [0.1, 0.15) is 0 Å². The molecule has 2 amide bonds. The Morgan fingerprint density at radius 3 is 2.44 bits per heavy atom. The first-order valence-corrected chi connectivity index (χ1v) is 6.25. The van der Waals surface area contributed by atoms with E-state index in [1.807, 2.05) is 24.3 Å². The van der Waals surface area contributed by atoms with Crippen LogP contribution in [0.2, 0.25) is 0 Å². The van der Waals surface area contributed by atoms with E-state index < -0.39 is 0 Å². The summed E-state index contributed by atoms with van der Waals surface area (Å²) in [7, 11) is 0. The van der Waals surface area contributed by atoms with Crippen molar-refractivity contribution in [3.63, 3.8) is 0 Å². The molecule has 0 aliphatic carbocycles. The number of hydrogen-bond acceptors (Lipinski definition) is 2. The molecule has 0 bridgehead atoms. The molecule has 0 spiro atoms. The lowest BCUT2D eigenvalue weighted by atomic mass is 10.0. The Hall–Kier alpha value is -1.84. The molecule has 1 heterocycles. The highest BCUT2D eigenvalue weighted by Crippen LogP contribution is 2.21. The standard InChI is InChI=1S/C14H18N2O2/c1-10(2)11-3-5-12(6-4-11)16-8-7-13(17)15-9-14(16)18/h3-6,10H,7-9H2,1-2H3,(H,15,17). The van der Waals surface area contributed by atoms with Crippen molar-refractivity contribution in [1.82, 2.24) is 5.32 Å². The molecule has 0 unspecified atom stereocenters. The number of carbonyl (C=O) groups excluding carboxylic acids is 2. The number of benzene rings is 1. The Labute approximate surface area is 107 Å². The van der Waals surface area contributed by atoms with Crippen LogP contribution in [0.15, 0.2) is 24.3 Å². The Morgan fingerprint density at radius 1 is 1.17 bits per heavy atom. The van der Waals surface area contributed by atoms with Crippen molar-refractivity contribution in [3.8, 4) is 0 Å². The summed E-state index contributed by atoms with van der Waals surface area (Å²) >= 11 is 0. The van der Waals surface area contributed by atoms with Crippen LogP contribution in [0.25, 0.3) is 0 Å². The Kier molecular flexibility index (Phi) is 3.65. The van der Waals surface area contributed by atoms with Crippen molar-refractivity contribution < 1.29 is 9.59 Å². The molecule has 1 aliphatic rings. The van der Waals surface area contributed by atoms with Gasteiger partial charge in [-0.15, -0.1) is 0 Å². The third kappa shape index (κ3) is 2.70. The Morgan fingerprint density at radius 2 is 1.83 bits per heavy atom. The molecule has 1 fully saturated rings. The van der Waals surface area contributed by atoms with Gasteiger partial charge in [-0.2, -0.15) is 0 Å². The van der Waals surface area contributed by atoms with Gasteiger partial charge in [0.15, 0.2) is 0 Å². The fourth-order valence-corrected chi connectivity index (χ4v) is 2.01. The quantitative estimate of drug-likeness (QED) is 0.862. The topological polar surface area (TPSA) is 49.4 Å². The molecule has 0 saturated carbocycles. The van der Waals surface area contributed by atoms with Gasteiger partial charge in [-0.3, -0.25) is 9.59 Å². The van der Waals surface area contributed by atoms with Gasteiger partial charge in [0, 0.05) is 18.7 Å². The zero-order valence-electron chi connectivity index (χ0n) is 10.8. The van der Waals surface area contributed by atoms with Crippen LogP contribution in [0.3, 0.4) is 0 Å². The molecule has 2 rings (SSSR count). The maximum atomic E-state index is 11.9. The maximum absolute atomic E-state index is 11.9. The van der Waals surface area contributed by atoms with Crippen LogP contribution in [-0.4, -0.2) is 24.9 Å². The summed E-state index contributed by atoms with van der Waals surface area (Å²) < 4.78 is 0. The Balaban J connectivity index is 2.19. The lowest BCUT2D eigenvalue weighted by Gasteiger charge is -2.20. The molecule has 0 aromatic heterocycles. The van der Waals surface area contributed by atoms with E-state index >= 15 is 0 Å². The second-order valence-corrected chi connectivity index (χ2v) is 4.82. The van der Waals surface area contributed by atoms with Crippen LogP contribution < -0.4 is 10.2 Å². The van der Waals surface area contributed by atoms with Crippen LogP contribution in [-0.2, 0) is 9.59 Å². The molecule has 0 atom stereocenters. The number of nitrogens with one attached hydrogen (secondary N) is 1.